The van der Waals surface area contributed by atoms with Crippen LogP contribution in [0, 0.1) is 19.8 Å². The van der Waals surface area contributed by atoms with E-state index in [-0.39, 0.29) is 40.9 Å². The Morgan fingerprint density at radius 3 is 2.72 bits per heavy atom. The third-order valence-electron chi connectivity index (χ3n) is 6.23. The SMILES string of the molecule is CCc1cc(CC(=O)N2CC3CC2C3NC(=O)c2c(C)cc(C)[nH]c2=O)n(C)n1. The highest BCUT2D eigenvalue weighted by molar-refractivity contribution is 5.95. The van der Waals surface area contributed by atoms with Gasteiger partial charge in [0.2, 0.25) is 5.91 Å². The smallest absolute Gasteiger partial charge is 0.261 e. The van der Waals surface area contributed by atoms with Crippen LogP contribution in [0.2, 0.25) is 0 Å². The van der Waals surface area contributed by atoms with E-state index in [0.717, 1.165) is 29.9 Å². The van der Waals surface area contributed by atoms with E-state index in [9.17, 15) is 14.4 Å². The van der Waals surface area contributed by atoms with Crippen molar-refractivity contribution in [3.05, 3.63) is 50.7 Å². The highest BCUT2D eigenvalue weighted by Crippen LogP contribution is 2.41. The second-order valence-corrected chi connectivity index (χ2v) is 8.23. The molecule has 3 aliphatic rings. The molecular formula is C21H27N5O3. The van der Waals surface area contributed by atoms with Gasteiger partial charge in [0.1, 0.15) is 5.56 Å². The molecule has 2 aliphatic heterocycles. The van der Waals surface area contributed by atoms with Gasteiger partial charge in [0.15, 0.2) is 0 Å². The lowest BCUT2D eigenvalue weighted by atomic mass is 9.80. The molecule has 0 spiro atoms. The summed E-state index contributed by atoms with van der Waals surface area (Å²) in [6.07, 6.45) is 2.04. The topological polar surface area (TPSA) is 100 Å². The summed E-state index contributed by atoms with van der Waals surface area (Å²) in [6.45, 7) is 6.24. The molecule has 1 saturated carbocycles. The fraction of sp³-hybridized carbons (Fsp3) is 0.524. The Morgan fingerprint density at radius 1 is 1.31 bits per heavy atom. The maximum Gasteiger partial charge on any atom is 0.261 e. The lowest BCUT2D eigenvalue weighted by molar-refractivity contribution is -0.131. The molecule has 0 aromatic carbocycles. The molecule has 0 radical (unpaired) electrons. The number of pyridine rings is 1. The first kappa shape index (κ1) is 19.4. The van der Waals surface area contributed by atoms with Crippen LogP contribution in [0.5, 0.6) is 0 Å². The lowest BCUT2D eigenvalue weighted by Gasteiger charge is -2.37. The van der Waals surface area contributed by atoms with Crippen LogP contribution in [0.3, 0.4) is 0 Å². The highest BCUT2D eigenvalue weighted by Gasteiger charge is 2.54. The van der Waals surface area contributed by atoms with Crippen LogP contribution in [0.15, 0.2) is 16.9 Å². The first-order valence-corrected chi connectivity index (χ1v) is 10.1. The van der Waals surface area contributed by atoms with E-state index >= 15 is 0 Å². The average Bonchev–Trinajstić information content (AvgIpc) is 3.32. The van der Waals surface area contributed by atoms with Crippen LogP contribution >= 0.6 is 0 Å². The molecule has 2 bridgehead atoms. The van der Waals surface area contributed by atoms with Crippen molar-refractivity contribution in [2.75, 3.05) is 6.54 Å². The summed E-state index contributed by atoms with van der Waals surface area (Å²) in [5.74, 6) is -0.0586. The summed E-state index contributed by atoms with van der Waals surface area (Å²) in [6, 6.07) is 3.67. The van der Waals surface area contributed by atoms with E-state index in [1.165, 1.54) is 0 Å². The van der Waals surface area contributed by atoms with Gasteiger partial charge in [-0.2, -0.15) is 5.10 Å². The van der Waals surface area contributed by atoms with Crippen molar-refractivity contribution >= 4 is 11.8 Å². The molecule has 154 valence electrons. The number of hydrogen-bond donors (Lipinski definition) is 2. The zero-order chi connectivity index (χ0) is 20.9. The third kappa shape index (κ3) is 3.36. The van der Waals surface area contributed by atoms with Crippen molar-refractivity contribution in [2.24, 2.45) is 13.0 Å². The largest absolute Gasteiger partial charge is 0.347 e. The first-order valence-electron chi connectivity index (χ1n) is 10.1. The fourth-order valence-electron chi connectivity index (χ4n) is 4.65. The van der Waals surface area contributed by atoms with Gasteiger partial charge >= 0.3 is 0 Å². The van der Waals surface area contributed by atoms with Gasteiger partial charge in [-0.3, -0.25) is 19.1 Å². The molecule has 2 aromatic rings. The molecular weight excluding hydrogens is 370 g/mol. The van der Waals surface area contributed by atoms with Crippen LogP contribution in [0.4, 0.5) is 0 Å². The second-order valence-electron chi connectivity index (χ2n) is 8.23. The molecule has 3 fully saturated rings. The summed E-state index contributed by atoms with van der Waals surface area (Å²) in [4.78, 5) is 42.4. The van der Waals surface area contributed by atoms with E-state index < -0.39 is 0 Å². The number of fused-ring (bicyclic) bond motifs is 1. The molecule has 8 nitrogen and oxygen atoms in total. The molecule has 29 heavy (non-hydrogen) atoms. The molecule has 4 heterocycles. The number of nitrogens with zero attached hydrogens (tertiary/aromatic N) is 3. The number of aromatic nitrogens is 3. The minimum absolute atomic E-state index is 0.000147. The van der Waals surface area contributed by atoms with Gasteiger partial charge in [-0.15, -0.1) is 0 Å². The predicted molar refractivity (Wildman–Crippen MR) is 108 cm³/mol. The van der Waals surface area contributed by atoms with E-state index in [4.69, 9.17) is 0 Å². The second kappa shape index (κ2) is 7.17. The van der Waals surface area contributed by atoms with Crippen molar-refractivity contribution in [1.29, 1.82) is 0 Å². The Balaban J connectivity index is 1.43. The van der Waals surface area contributed by atoms with Crippen LogP contribution in [0.1, 0.15) is 46.3 Å². The quantitative estimate of drug-likeness (QED) is 0.782. The Bertz CT molecular complexity index is 1040. The van der Waals surface area contributed by atoms with Crippen molar-refractivity contribution in [3.8, 4) is 0 Å². The molecule has 2 N–H and O–H groups in total. The summed E-state index contributed by atoms with van der Waals surface area (Å²) >= 11 is 0. The molecule has 8 heteroatoms. The van der Waals surface area contributed by atoms with Gasteiger partial charge in [-0.1, -0.05) is 6.92 Å². The summed E-state index contributed by atoms with van der Waals surface area (Å²) in [7, 11) is 1.86. The molecule has 1 aliphatic carbocycles. The molecule has 2 amide bonds. The van der Waals surface area contributed by atoms with Gasteiger partial charge in [0.25, 0.3) is 11.5 Å². The number of aromatic amines is 1. The van der Waals surface area contributed by atoms with E-state index in [1.807, 2.05) is 24.9 Å². The Morgan fingerprint density at radius 2 is 2.07 bits per heavy atom. The fourth-order valence-corrected chi connectivity index (χ4v) is 4.65. The number of H-pyrrole nitrogens is 1. The lowest BCUT2D eigenvalue weighted by Crippen LogP contribution is -2.56. The standard InChI is InChI=1S/C21H27N5O3/c1-5-14-8-15(25(4)24-14)9-17(27)26-10-13-7-16(26)19(13)23-21(29)18-11(2)6-12(3)22-20(18)28/h6,8,13,16,19H,5,7,9-10H2,1-4H3,(H,22,28)(H,23,29). The normalized spacial score (nSPS) is 22.5. The Labute approximate surface area is 169 Å². The summed E-state index contributed by atoms with van der Waals surface area (Å²) in [5, 5.41) is 7.40. The van der Waals surface area contributed by atoms with Crippen molar-refractivity contribution in [2.45, 2.75) is 52.1 Å². The Kier molecular flexibility index (Phi) is 4.80. The van der Waals surface area contributed by atoms with Crippen molar-refractivity contribution < 1.29 is 9.59 Å². The Hall–Kier alpha value is -2.90. The van der Waals surface area contributed by atoms with Gasteiger partial charge in [-0.05, 0) is 44.4 Å². The molecule has 2 saturated heterocycles. The molecule has 3 atom stereocenters. The number of carbonyl (C=O) groups excluding carboxylic acids is 2. The van der Waals surface area contributed by atoms with E-state index in [0.29, 0.717) is 18.5 Å². The number of carbonyl (C=O) groups is 2. The zero-order valence-corrected chi connectivity index (χ0v) is 17.3. The van der Waals surface area contributed by atoms with Gasteiger partial charge < -0.3 is 15.2 Å². The number of rotatable bonds is 5. The van der Waals surface area contributed by atoms with Crippen molar-refractivity contribution in [3.63, 3.8) is 0 Å². The average molecular weight is 397 g/mol. The molecule has 3 unspecified atom stereocenters. The number of nitrogens with one attached hydrogen (secondary N) is 2. The van der Waals surface area contributed by atoms with E-state index in [2.05, 4.69) is 15.4 Å². The van der Waals surface area contributed by atoms with Crippen LogP contribution in [-0.2, 0) is 24.7 Å². The zero-order valence-electron chi connectivity index (χ0n) is 17.3. The number of aryl methyl sites for hydroxylation is 4. The van der Waals surface area contributed by atoms with Gasteiger partial charge in [0, 0.05) is 30.9 Å². The monoisotopic (exact) mass is 397 g/mol. The first-order chi connectivity index (χ1) is 13.8. The minimum atomic E-state index is -0.373. The highest BCUT2D eigenvalue weighted by atomic mass is 16.2. The minimum Gasteiger partial charge on any atom is -0.347 e. The van der Waals surface area contributed by atoms with Crippen LogP contribution in [-0.4, -0.2) is 50.1 Å². The van der Waals surface area contributed by atoms with Gasteiger partial charge in [0.05, 0.1) is 24.2 Å². The molecule has 5 rings (SSSR count). The molecule has 2 aromatic heterocycles. The van der Waals surface area contributed by atoms with Crippen molar-refractivity contribution in [1.82, 2.24) is 25.0 Å². The van der Waals surface area contributed by atoms with Crippen LogP contribution in [0.25, 0.3) is 0 Å². The van der Waals surface area contributed by atoms with Gasteiger partial charge in [-0.25, -0.2) is 0 Å². The summed E-state index contributed by atoms with van der Waals surface area (Å²) < 4.78 is 1.77. The number of hydrogen-bond acceptors (Lipinski definition) is 4. The maximum atomic E-state index is 12.9. The third-order valence-corrected chi connectivity index (χ3v) is 6.23. The summed E-state index contributed by atoms with van der Waals surface area (Å²) in [5.41, 5.74) is 3.05. The van der Waals surface area contributed by atoms with E-state index in [1.54, 1.807) is 24.6 Å². The predicted octanol–water partition coefficient (Wildman–Crippen LogP) is 0.859. The number of amides is 2. The van der Waals surface area contributed by atoms with Crippen LogP contribution < -0.4 is 10.9 Å². The maximum absolute atomic E-state index is 12.9.